The Morgan fingerprint density at radius 3 is 2.28 bits per heavy atom. The summed E-state index contributed by atoms with van der Waals surface area (Å²) < 4.78 is 2.55. The number of aromatic nitrogens is 2. The molecule has 0 spiro atoms. The van der Waals surface area contributed by atoms with Crippen LogP contribution in [0.4, 0.5) is 0 Å². The smallest absolute Gasteiger partial charge is 0.336 e. The van der Waals surface area contributed by atoms with E-state index in [9.17, 15) is 14.4 Å². The second kappa shape index (κ2) is 9.30. The minimum atomic E-state index is -0.713. The van der Waals surface area contributed by atoms with Crippen molar-refractivity contribution in [1.29, 1.82) is 0 Å². The van der Waals surface area contributed by atoms with Crippen LogP contribution in [0.15, 0.2) is 58.1 Å². The second-order valence-corrected chi connectivity index (χ2v) is 8.35. The molecule has 0 radical (unpaired) electrons. The van der Waals surface area contributed by atoms with Crippen molar-refractivity contribution >= 4 is 28.4 Å². The molecule has 1 aliphatic heterocycles. The van der Waals surface area contributed by atoms with Gasteiger partial charge < -0.3 is 9.80 Å². The fourth-order valence-corrected chi connectivity index (χ4v) is 4.61. The Bertz CT molecular complexity index is 1260. The van der Waals surface area contributed by atoms with Crippen LogP contribution in [0.2, 0.25) is 5.02 Å². The normalized spacial score (nSPS) is 15.8. The third kappa shape index (κ3) is 3.87. The third-order valence-corrected chi connectivity index (χ3v) is 6.52. The summed E-state index contributed by atoms with van der Waals surface area (Å²) in [5.74, 6) is -0.0973. The topological polar surface area (TPSA) is 67.6 Å². The molecule has 0 aliphatic carbocycles. The molecule has 3 aromatic rings. The highest BCUT2D eigenvalue weighted by Gasteiger charge is 2.30. The lowest BCUT2D eigenvalue weighted by Gasteiger charge is -2.36. The van der Waals surface area contributed by atoms with Crippen LogP contribution in [-0.4, -0.2) is 57.6 Å². The highest BCUT2D eigenvalue weighted by molar-refractivity contribution is 6.32. The number of hydrogen-bond acceptors (Lipinski definition) is 4. The van der Waals surface area contributed by atoms with Crippen molar-refractivity contribution in [3.63, 3.8) is 0 Å². The summed E-state index contributed by atoms with van der Waals surface area (Å²) in [6.45, 7) is 7.82. The zero-order chi connectivity index (χ0) is 22.8. The molecule has 2 aromatic carbocycles. The van der Waals surface area contributed by atoms with Gasteiger partial charge in [0.1, 0.15) is 6.04 Å². The van der Waals surface area contributed by atoms with Crippen molar-refractivity contribution in [3.8, 4) is 5.69 Å². The van der Waals surface area contributed by atoms with Gasteiger partial charge in [-0.25, -0.2) is 9.36 Å². The van der Waals surface area contributed by atoms with Gasteiger partial charge in [0.15, 0.2) is 0 Å². The summed E-state index contributed by atoms with van der Waals surface area (Å²) in [6.07, 6.45) is 0.428. The number of benzene rings is 2. The standard InChI is InChI=1S/C24H27ClN4O3/c1-3-19(23(31)27-15-13-26(4-2)14-16-27)28-20-11-7-5-9-17(20)22(30)29(24(28)32)21-12-8-6-10-18(21)25/h5-12,19H,3-4,13-16H2,1-2H3. The van der Waals surface area contributed by atoms with Crippen LogP contribution in [0.25, 0.3) is 16.6 Å². The number of nitrogens with zero attached hydrogens (tertiary/aromatic N) is 4. The van der Waals surface area contributed by atoms with Crippen molar-refractivity contribution < 1.29 is 4.79 Å². The van der Waals surface area contributed by atoms with Crippen LogP contribution < -0.4 is 11.2 Å². The summed E-state index contributed by atoms with van der Waals surface area (Å²) in [7, 11) is 0. The average Bonchev–Trinajstić information content (AvgIpc) is 2.82. The van der Waals surface area contributed by atoms with Crippen molar-refractivity contribution in [2.24, 2.45) is 0 Å². The second-order valence-electron chi connectivity index (χ2n) is 7.95. The first kappa shape index (κ1) is 22.3. The maximum Gasteiger partial charge on any atom is 0.336 e. The number of hydrogen-bond donors (Lipinski definition) is 0. The van der Waals surface area contributed by atoms with Gasteiger partial charge in [-0.15, -0.1) is 0 Å². The molecular formula is C24H27ClN4O3. The van der Waals surface area contributed by atoms with E-state index in [1.54, 1.807) is 48.5 Å². The van der Waals surface area contributed by atoms with E-state index in [1.165, 1.54) is 4.57 Å². The molecule has 0 saturated carbocycles. The van der Waals surface area contributed by atoms with E-state index in [0.717, 1.165) is 24.2 Å². The van der Waals surface area contributed by atoms with Crippen LogP contribution in [0.1, 0.15) is 26.3 Å². The zero-order valence-electron chi connectivity index (χ0n) is 18.3. The van der Waals surface area contributed by atoms with E-state index in [1.807, 2.05) is 11.8 Å². The number of rotatable bonds is 5. The van der Waals surface area contributed by atoms with Gasteiger partial charge in [0.25, 0.3) is 5.56 Å². The number of para-hydroxylation sites is 2. The first-order valence-electron chi connectivity index (χ1n) is 11.0. The lowest BCUT2D eigenvalue weighted by molar-refractivity contribution is -0.136. The molecule has 0 bridgehead atoms. The lowest BCUT2D eigenvalue weighted by Crippen LogP contribution is -2.52. The maximum absolute atomic E-state index is 13.7. The van der Waals surface area contributed by atoms with Crippen molar-refractivity contribution in [2.45, 2.75) is 26.3 Å². The first-order valence-corrected chi connectivity index (χ1v) is 11.4. The van der Waals surface area contributed by atoms with Gasteiger partial charge in [0, 0.05) is 26.2 Å². The van der Waals surface area contributed by atoms with E-state index in [-0.39, 0.29) is 5.91 Å². The number of fused-ring (bicyclic) bond motifs is 1. The van der Waals surface area contributed by atoms with Crippen LogP contribution in [0.3, 0.4) is 0 Å². The molecule has 1 amide bonds. The van der Waals surface area contributed by atoms with E-state index < -0.39 is 17.3 Å². The summed E-state index contributed by atoms with van der Waals surface area (Å²) in [5.41, 5.74) is -0.247. The highest BCUT2D eigenvalue weighted by atomic mass is 35.5. The molecule has 1 fully saturated rings. The molecule has 8 heteroatoms. The Kier molecular flexibility index (Phi) is 6.48. The summed E-state index contributed by atoms with van der Waals surface area (Å²) in [4.78, 5) is 44.7. The molecule has 2 heterocycles. The fourth-order valence-electron chi connectivity index (χ4n) is 4.39. The zero-order valence-corrected chi connectivity index (χ0v) is 19.1. The molecule has 7 nitrogen and oxygen atoms in total. The van der Waals surface area contributed by atoms with Gasteiger partial charge in [0.2, 0.25) is 5.91 Å². The SMILES string of the molecule is CCC(C(=O)N1CCN(CC)CC1)n1c(=O)n(-c2ccccc2Cl)c(=O)c2ccccc21. The van der Waals surface area contributed by atoms with Gasteiger partial charge in [-0.2, -0.15) is 0 Å². The Hall–Kier alpha value is -2.90. The number of halogens is 1. The number of carbonyl (C=O) groups excluding carboxylic acids is 1. The summed E-state index contributed by atoms with van der Waals surface area (Å²) in [6, 6.07) is 13.0. The van der Waals surface area contributed by atoms with Crippen molar-refractivity contribution in [1.82, 2.24) is 18.9 Å². The van der Waals surface area contributed by atoms with Crippen molar-refractivity contribution in [3.05, 3.63) is 74.4 Å². The number of carbonyl (C=O) groups is 1. The monoisotopic (exact) mass is 454 g/mol. The van der Waals surface area contributed by atoms with Crippen LogP contribution in [0.5, 0.6) is 0 Å². The van der Waals surface area contributed by atoms with Crippen LogP contribution in [0, 0.1) is 0 Å². The van der Waals surface area contributed by atoms with Gasteiger partial charge in [-0.1, -0.05) is 49.7 Å². The maximum atomic E-state index is 13.7. The van der Waals surface area contributed by atoms with Gasteiger partial charge >= 0.3 is 5.69 Å². The Labute approximate surface area is 191 Å². The van der Waals surface area contributed by atoms with Gasteiger partial charge in [-0.05, 0) is 37.2 Å². The number of amides is 1. The van der Waals surface area contributed by atoms with E-state index in [4.69, 9.17) is 11.6 Å². The minimum Gasteiger partial charge on any atom is -0.338 e. The van der Waals surface area contributed by atoms with Crippen LogP contribution >= 0.6 is 11.6 Å². The Morgan fingerprint density at radius 1 is 0.969 bits per heavy atom. The molecule has 0 N–H and O–H groups in total. The predicted molar refractivity (Wildman–Crippen MR) is 127 cm³/mol. The van der Waals surface area contributed by atoms with Gasteiger partial charge in [0.05, 0.1) is 21.6 Å². The van der Waals surface area contributed by atoms with E-state index in [2.05, 4.69) is 11.8 Å². The molecule has 1 aromatic heterocycles. The molecular weight excluding hydrogens is 428 g/mol. The quantitative estimate of drug-likeness (QED) is 0.594. The summed E-state index contributed by atoms with van der Waals surface area (Å²) in [5, 5.41) is 0.665. The molecule has 4 rings (SSSR count). The molecule has 1 unspecified atom stereocenters. The lowest BCUT2D eigenvalue weighted by atomic mass is 10.1. The van der Waals surface area contributed by atoms with Gasteiger partial charge in [-0.3, -0.25) is 14.2 Å². The van der Waals surface area contributed by atoms with Crippen molar-refractivity contribution in [2.75, 3.05) is 32.7 Å². The fraction of sp³-hybridized carbons (Fsp3) is 0.375. The average molecular weight is 455 g/mol. The molecule has 32 heavy (non-hydrogen) atoms. The predicted octanol–water partition coefficient (Wildman–Crippen LogP) is 2.92. The number of piperazine rings is 1. The minimum absolute atomic E-state index is 0.0973. The highest BCUT2D eigenvalue weighted by Crippen LogP contribution is 2.22. The Balaban J connectivity index is 1.90. The van der Waals surface area contributed by atoms with E-state index in [0.29, 0.717) is 41.1 Å². The molecule has 1 atom stereocenters. The largest absolute Gasteiger partial charge is 0.338 e. The van der Waals surface area contributed by atoms with E-state index >= 15 is 0 Å². The third-order valence-electron chi connectivity index (χ3n) is 6.20. The molecule has 1 aliphatic rings. The Morgan fingerprint density at radius 2 is 1.62 bits per heavy atom. The molecule has 168 valence electrons. The first-order chi connectivity index (χ1) is 15.5. The summed E-state index contributed by atoms with van der Waals surface area (Å²) >= 11 is 6.34. The number of likely N-dealkylation sites (N-methyl/N-ethyl adjacent to an activating group) is 1. The molecule has 1 saturated heterocycles. The van der Waals surface area contributed by atoms with Crippen LogP contribution in [-0.2, 0) is 4.79 Å².